The van der Waals surface area contributed by atoms with Crippen molar-refractivity contribution in [3.8, 4) is 0 Å². The smallest absolute Gasteiger partial charge is 0.240 e. The molecule has 1 aromatic heterocycles. The molecule has 1 saturated carbocycles. The molecule has 1 heterocycles. The van der Waals surface area contributed by atoms with Gasteiger partial charge in [-0.05, 0) is 31.7 Å². The summed E-state index contributed by atoms with van der Waals surface area (Å²) in [6.45, 7) is 6.16. The molecule has 0 radical (unpaired) electrons. The highest BCUT2D eigenvalue weighted by Gasteiger charge is 2.24. The fourth-order valence-electron chi connectivity index (χ4n) is 2.55. The Bertz CT molecular complexity index is 337. The van der Waals surface area contributed by atoms with Crippen LogP contribution in [-0.4, -0.2) is 16.7 Å². The molecule has 1 fully saturated rings. The van der Waals surface area contributed by atoms with Gasteiger partial charge in [0.2, 0.25) is 5.89 Å². The van der Waals surface area contributed by atoms with Gasteiger partial charge < -0.3 is 9.84 Å². The van der Waals surface area contributed by atoms with Gasteiger partial charge in [-0.25, -0.2) is 0 Å². The average molecular weight is 237 g/mol. The fraction of sp³-hybridized carbons (Fsp3) is 0.846. The first-order valence-corrected chi connectivity index (χ1v) is 6.82. The van der Waals surface area contributed by atoms with Gasteiger partial charge in [-0.2, -0.15) is 4.98 Å². The van der Waals surface area contributed by atoms with Crippen LogP contribution in [0.1, 0.15) is 63.6 Å². The minimum absolute atomic E-state index is 0.516. The zero-order valence-electron chi connectivity index (χ0n) is 10.9. The Hall–Kier alpha value is -0.900. The SMILES string of the molecule is CCCNCc1nc(C2CCCC(C)C2)no1. The Morgan fingerprint density at radius 1 is 1.41 bits per heavy atom. The van der Waals surface area contributed by atoms with Gasteiger partial charge in [0, 0.05) is 5.92 Å². The molecule has 0 aromatic carbocycles. The Morgan fingerprint density at radius 3 is 3.06 bits per heavy atom. The lowest BCUT2D eigenvalue weighted by atomic mass is 9.82. The molecule has 17 heavy (non-hydrogen) atoms. The third-order valence-corrected chi connectivity index (χ3v) is 3.49. The highest BCUT2D eigenvalue weighted by molar-refractivity contribution is 4.97. The Morgan fingerprint density at radius 2 is 2.29 bits per heavy atom. The van der Waals surface area contributed by atoms with Crippen molar-refractivity contribution in [3.63, 3.8) is 0 Å². The van der Waals surface area contributed by atoms with Gasteiger partial charge in [0.05, 0.1) is 6.54 Å². The van der Waals surface area contributed by atoms with Gasteiger partial charge in [0.15, 0.2) is 5.82 Å². The largest absolute Gasteiger partial charge is 0.338 e. The summed E-state index contributed by atoms with van der Waals surface area (Å²) in [6.07, 6.45) is 6.19. The Kier molecular flexibility index (Phi) is 4.54. The molecule has 2 rings (SSSR count). The summed E-state index contributed by atoms with van der Waals surface area (Å²) in [5.41, 5.74) is 0. The van der Waals surface area contributed by atoms with Crippen LogP contribution in [0.15, 0.2) is 4.52 Å². The second-order valence-corrected chi connectivity index (χ2v) is 5.19. The molecule has 0 bridgehead atoms. The Labute approximate surface area is 103 Å². The molecule has 1 N–H and O–H groups in total. The second-order valence-electron chi connectivity index (χ2n) is 5.19. The second kappa shape index (κ2) is 6.15. The maximum absolute atomic E-state index is 5.28. The predicted molar refractivity (Wildman–Crippen MR) is 66.7 cm³/mol. The lowest BCUT2D eigenvalue weighted by Crippen LogP contribution is -2.15. The van der Waals surface area contributed by atoms with Crippen molar-refractivity contribution >= 4 is 0 Å². The number of aromatic nitrogens is 2. The molecular weight excluding hydrogens is 214 g/mol. The molecule has 1 aliphatic carbocycles. The number of rotatable bonds is 5. The highest BCUT2D eigenvalue weighted by atomic mass is 16.5. The molecule has 96 valence electrons. The highest BCUT2D eigenvalue weighted by Crippen LogP contribution is 2.34. The maximum Gasteiger partial charge on any atom is 0.240 e. The molecule has 1 aromatic rings. The third-order valence-electron chi connectivity index (χ3n) is 3.49. The van der Waals surface area contributed by atoms with E-state index in [4.69, 9.17) is 4.52 Å². The van der Waals surface area contributed by atoms with Crippen LogP contribution >= 0.6 is 0 Å². The van der Waals surface area contributed by atoms with E-state index in [2.05, 4.69) is 29.3 Å². The molecule has 0 spiro atoms. The van der Waals surface area contributed by atoms with Crippen molar-refractivity contribution in [2.45, 2.75) is 58.4 Å². The van der Waals surface area contributed by atoms with Crippen LogP contribution in [-0.2, 0) is 6.54 Å². The van der Waals surface area contributed by atoms with Gasteiger partial charge in [-0.15, -0.1) is 0 Å². The van der Waals surface area contributed by atoms with Crippen molar-refractivity contribution in [2.24, 2.45) is 5.92 Å². The first-order chi connectivity index (χ1) is 8.29. The van der Waals surface area contributed by atoms with Crippen LogP contribution in [0.2, 0.25) is 0 Å². The maximum atomic E-state index is 5.28. The molecule has 0 aliphatic heterocycles. The van der Waals surface area contributed by atoms with E-state index < -0.39 is 0 Å². The molecule has 4 heteroatoms. The molecule has 2 atom stereocenters. The van der Waals surface area contributed by atoms with Crippen molar-refractivity contribution in [2.75, 3.05) is 6.54 Å². The Balaban J connectivity index is 1.88. The summed E-state index contributed by atoms with van der Waals surface area (Å²) >= 11 is 0. The van der Waals surface area contributed by atoms with Crippen LogP contribution in [0.4, 0.5) is 0 Å². The molecule has 0 saturated heterocycles. The zero-order valence-corrected chi connectivity index (χ0v) is 10.9. The quantitative estimate of drug-likeness (QED) is 0.800. The van der Waals surface area contributed by atoms with Gasteiger partial charge in [-0.3, -0.25) is 0 Å². The van der Waals surface area contributed by atoms with Crippen molar-refractivity contribution in [1.29, 1.82) is 0 Å². The number of nitrogens with one attached hydrogen (secondary N) is 1. The van der Waals surface area contributed by atoms with Gasteiger partial charge in [0.1, 0.15) is 0 Å². The van der Waals surface area contributed by atoms with Gasteiger partial charge in [0.25, 0.3) is 0 Å². The minimum atomic E-state index is 0.516. The molecule has 0 amide bonds. The summed E-state index contributed by atoms with van der Waals surface area (Å²) in [5.74, 6) is 2.97. The number of hydrogen-bond donors (Lipinski definition) is 1. The minimum Gasteiger partial charge on any atom is -0.338 e. The first kappa shape index (κ1) is 12.6. The van der Waals surface area contributed by atoms with E-state index in [0.717, 1.165) is 30.6 Å². The van der Waals surface area contributed by atoms with Crippen LogP contribution in [0.3, 0.4) is 0 Å². The van der Waals surface area contributed by atoms with Crippen molar-refractivity contribution in [3.05, 3.63) is 11.7 Å². The summed E-state index contributed by atoms with van der Waals surface area (Å²) < 4.78 is 5.28. The summed E-state index contributed by atoms with van der Waals surface area (Å²) in [4.78, 5) is 4.50. The lowest BCUT2D eigenvalue weighted by Gasteiger charge is -2.23. The van der Waals surface area contributed by atoms with E-state index in [9.17, 15) is 0 Å². The normalized spacial score (nSPS) is 25.1. The molecule has 2 unspecified atom stereocenters. The van der Waals surface area contributed by atoms with Crippen molar-refractivity contribution in [1.82, 2.24) is 15.5 Å². The van der Waals surface area contributed by atoms with Crippen LogP contribution in [0, 0.1) is 5.92 Å². The van der Waals surface area contributed by atoms with E-state index in [-0.39, 0.29) is 0 Å². The van der Waals surface area contributed by atoms with Gasteiger partial charge >= 0.3 is 0 Å². The molecular formula is C13H23N3O. The molecule has 1 aliphatic rings. The van der Waals surface area contributed by atoms with Crippen LogP contribution in [0.25, 0.3) is 0 Å². The van der Waals surface area contributed by atoms with E-state index in [0.29, 0.717) is 12.5 Å². The third kappa shape index (κ3) is 3.53. The van der Waals surface area contributed by atoms with E-state index in [1.807, 2.05) is 0 Å². The molecule has 4 nitrogen and oxygen atoms in total. The zero-order chi connectivity index (χ0) is 12.1. The summed E-state index contributed by atoms with van der Waals surface area (Å²) in [7, 11) is 0. The van der Waals surface area contributed by atoms with Crippen LogP contribution < -0.4 is 5.32 Å². The van der Waals surface area contributed by atoms with E-state index in [1.165, 1.54) is 25.7 Å². The average Bonchev–Trinajstić information content (AvgIpc) is 2.78. The fourth-order valence-corrected chi connectivity index (χ4v) is 2.55. The lowest BCUT2D eigenvalue weighted by molar-refractivity contribution is 0.318. The first-order valence-electron chi connectivity index (χ1n) is 6.82. The van der Waals surface area contributed by atoms with E-state index >= 15 is 0 Å². The summed E-state index contributed by atoms with van der Waals surface area (Å²) in [6, 6.07) is 0. The number of hydrogen-bond acceptors (Lipinski definition) is 4. The summed E-state index contributed by atoms with van der Waals surface area (Å²) in [5, 5.41) is 7.41. The number of nitrogens with zero attached hydrogens (tertiary/aromatic N) is 2. The standard InChI is InChI=1S/C13H23N3O/c1-3-7-14-9-12-15-13(16-17-12)11-6-4-5-10(2)8-11/h10-11,14H,3-9H2,1-2H3. The predicted octanol–water partition coefficient (Wildman–Crippen LogP) is 2.86. The monoisotopic (exact) mass is 237 g/mol. The van der Waals surface area contributed by atoms with Gasteiger partial charge in [-0.1, -0.05) is 31.8 Å². The van der Waals surface area contributed by atoms with Crippen molar-refractivity contribution < 1.29 is 4.52 Å². The van der Waals surface area contributed by atoms with Crippen LogP contribution in [0.5, 0.6) is 0 Å². The topological polar surface area (TPSA) is 51.0 Å². The van der Waals surface area contributed by atoms with E-state index in [1.54, 1.807) is 0 Å².